The van der Waals surface area contributed by atoms with Crippen molar-refractivity contribution in [2.24, 2.45) is 0 Å². The molecule has 96 valence electrons. The lowest BCUT2D eigenvalue weighted by Crippen LogP contribution is -2.12. The van der Waals surface area contributed by atoms with Crippen LogP contribution in [0.2, 0.25) is 5.02 Å². The van der Waals surface area contributed by atoms with Gasteiger partial charge < -0.3 is 5.32 Å². The first-order valence-electron chi connectivity index (χ1n) is 5.55. The normalized spacial score (nSPS) is 12.7. The lowest BCUT2D eigenvalue weighted by Gasteiger charge is -2.12. The number of hydrogen-bond acceptors (Lipinski definition) is 5. The van der Waals surface area contributed by atoms with Crippen molar-refractivity contribution in [1.29, 1.82) is 0 Å². The maximum absolute atomic E-state index is 6.29. The molecule has 0 saturated carbocycles. The van der Waals surface area contributed by atoms with Crippen molar-refractivity contribution >= 4 is 34.7 Å². The minimum absolute atomic E-state index is 0.297. The number of rotatable bonds is 4. The zero-order valence-electron chi connectivity index (χ0n) is 10.4. The zero-order chi connectivity index (χ0) is 13.1. The van der Waals surface area contributed by atoms with Gasteiger partial charge in [-0.05, 0) is 38.6 Å². The van der Waals surface area contributed by atoms with E-state index >= 15 is 0 Å². The molecule has 0 amide bonds. The van der Waals surface area contributed by atoms with E-state index in [4.69, 9.17) is 11.6 Å². The van der Waals surface area contributed by atoms with Gasteiger partial charge in [0.15, 0.2) is 4.34 Å². The predicted octanol–water partition coefficient (Wildman–Crippen LogP) is 3.93. The van der Waals surface area contributed by atoms with E-state index in [9.17, 15) is 0 Å². The Balaban J connectivity index is 2.19. The summed E-state index contributed by atoms with van der Waals surface area (Å²) in [6.07, 6.45) is 0. The molecule has 2 rings (SSSR count). The molecule has 18 heavy (non-hydrogen) atoms. The van der Waals surface area contributed by atoms with Gasteiger partial charge in [-0.15, -0.1) is 10.2 Å². The Morgan fingerprint density at radius 1 is 1.39 bits per heavy atom. The van der Waals surface area contributed by atoms with E-state index in [0.29, 0.717) is 6.04 Å². The lowest BCUT2D eigenvalue weighted by atomic mass is 10.1. The van der Waals surface area contributed by atoms with Crippen LogP contribution >= 0.6 is 34.7 Å². The quantitative estimate of drug-likeness (QED) is 0.928. The van der Waals surface area contributed by atoms with Crippen LogP contribution in [-0.4, -0.2) is 17.2 Å². The molecule has 1 aromatic heterocycles. The summed E-state index contributed by atoms with van der Waals surface area (Å²) in [5.41, 5.74) is 1.18. The van der Waals surface area contributed by atoms with Gasteiger partial charge in [0, 0.05) is 10.9 Å². The Bertz CT molecular complexity index is 542. The summed E-state index contributed by atoms with van der Waals surface area (Å²) in [6.45, 7) is 4.05. The third-order valence-electron chi connectivity index (χ3n) is 2.59. The van der Waals surface area contributed by atoms with Gasteiger partial charge in [0.2, 0.25) is 0 Å². The number of benzene rings is 1. The summed E-state index contributed by atoms with van der Waals surface area (Å²) in [5.74, 6) is 0. The number of nitrogens with one attached hydrogen (secondary N) is 1. The maximum atomic E-state index is 6.29. The number of aryl methyl sites for hydroxylation is 1. The molecule has 0 aliphatic carbocycles. The van der Waals surface area contributed by atoms with E-state index in [1.54, 1.807) is 23.1 Å². The Kier molecular flexibility index (Phi) is 4.61. The third-order valence-corrected chi connectivity index (χ3v) is 4.98. The van der Waals surface area contributed by atoms with Gasteiger partial charge in [-0.2, -0.15) is 0 Å². The van der Waals surface area contributed by atoms with Crippen LogP contribution in [0, 0.1) is 6.92 Å². The summed E-state index contributed by atoms with van der Waals surface area (Å²) < 4.78 is 0.920. The summed E-state index contributed by atoms with van der Waals surface area (Å²) in [7, 11) is 1.94. The van der Waals surface area contributed by atoms with Crippen molar-refractivity contribution in [2.45, 2.75) is 29.1 Å². The predicted molar refractivity (Wildman–Crippen MR) is 77.7 cm³/mol. The summed E-state index contributed by atoms with van der Waals surface area (Å²) in [5, 5.41) is 13.0. The van der Waals surface area contributed by atoms with E-state index in [2.05, 4.69) is 28.5 Å². The second-order valence-corrected chi connectivity index (χ2v) is 6.77. The van der Waals surface area contributed by atoms with Gasteiger partial charge in [-0.1, -0.05) is 40.8 Å². The third kappa shape index (κ3) is 3.23. The molecule has 1 aromatic carbocycles. The second-order valence-electron chi connectivity index (χ2n) is 3.89. The molecule has 3 nitrogen and oxygen atoms in total. The van der Waals surface area contributed by atoms with Crippen molar-refractivity contribution in [3.05, 3.63) is 33.8 Å². The Morgan fingerprint density at radius 3 is 2.72 bits per heavy atom. The molecular formula is C12H14ClN3S2. The summed E-state index contributed by atoms with van der Waals surface area (Å²) in [4.78, 5) is 1.01. The molecule has 0 radical (unpaired) electrons. The SMILES string of the molecule is CNC(C)c1ccc(Sc2nnc(C)s2)c(Cl)c1. The van der Waals surface area contributed by atoms with Gasteiger partial charge in [0.1, 0.15) is 5.01 Å². The Labute approximate surface area is 120 Å². The van der Waals surface area contributed by atoms with Crippen LogP contribution in [0.3, 0.4) is 0 Å². The molecule has 0 bridgehead atoms. The highest BCUT2D eigenvalue weighted by molar-refractivity contribution is 8.01. The van der Waals surface area contributed by atoms with Crippen molar-refractivity contribution in [1.82, 2.24) is 15.5 Å². The number of hydrogen-bond donors (Lipinski definition) is 1. The van der Waals surface area contributed by atoms with Crippen LogP contribution in [-0.2, 0) is 0 Å². The fraction of sp³-hybridized carbons (Fsp3) is 0.333. The van der Waals surface area contributed by atoms with E-state index in [-0.39, 0.29) is 0 Å². The standard InChI is InChI=1S/C12H14ClN3S2/c1-7(14-3)9-4-5-11(10(13)6-9)18-12-16-15-8(2)17-12/h4-7,14H,1-3H3. The van der Waals surface area contributed by atoms with Crippen molar-refractivity contribution in [3.63, 3.8) is 0 Å². The largest absolute Gasteiger partial charge is 0.313 e. The van der Waals surface area contributed by atoms with E-state index in [1.807, 2.05) is 26.1 Å². The van der Waals surface area contributed by atoms with E-state index in [0.717, 1.165) is 19.3 Å². The highest BCUT2D eigenvalue weighted by Gasteiger charge is 2.09. The monoisotopic (exact) mass is 299 g/mol. The molecule has 1 heterocycles. The highest BCUT2D eigenvalue weighted by Crippen LogP contribution is 2.35. The average molecular weight is 300 g/mol. The lowest BCUT2D eigenvalue weighted by molar-refractivity contribution is 0.652. The molecule has 0 spiro atoms. The smallest absolute Gasteiger partial charge is 0.179 e. The molecule has 2 aromatic rings. The van der Waals surface area contributed by atoms with Crippen molar-refractivity contribution in [2.75, 3.05) is 7.05 Å². The molecule has 6 heteroatoms. The molecular weight excluding hydrogens is 286 g/mol. The fourth-order valence-corrected chi connectivity index (χ4v) is 3.53. The summed E-state index contributed by atoms with van der Waals surface area (Å²) >= 11 is 9.43. The van der Waals surface area contributed by atoms with Gasteiger partial charge in [-0.3, -0.25) is 0 Å². The highest BCUT2D eigenvalue weighted by atomic mass is 35.5. The van der Waals surface area contributed by atoms with Crippen LogP contribution in [0.1, 0.15) is 23.5 Å². The van der Waals surface area contributed by atoms with Gasteiger partial charge in [0.05, 0.1) is 5.02 Å². The molecule has 0 saturated heterocycles. The zero-order valence-corrected chi connectivity index (χ0v) is 12.8. The first kappa shape index (κ1) is 13.8. The minimum atomic E-state index is 0.297. The van der Waals surface area contributed by atoms with Crippen LogP contribution in [0.15, 0.2) is 27.4 Å². The van der Waals surface area contributed by atoms with E-state index < -0.39 is 0 Å². The fourth-order valence-electron chi connectivity index (χ4n) is 1.45. The Morgan fingerprint density at radius 2 is 2.17 bits per heavy atom. The number of halogens is 1. The van der Waals surface area contributed by atoms with Gasteiger partial charge in [-0.25, -0.2) is 0 Å². The minimum Gasteiger partial charge on any atom is -0.313 e. The second kappa shape index (κ2) is 6.02. The summed E-state index contributed by atoms with van der Waals surface area (Å²) in [6, 6.07) is 6.42. The Hall–Kier alpha value is -0.620. The van der Waals surface area contributed by atoms with Gasteiger partial charge in [0.25, 0.3) is 0 Å². The maximum Gasteiger partial charge on any atom is 0.179 e. The van der Waals surface area contributed by atoms with Crippen LogP contribution in [0.4, 0.5) is 0 Å². The van der Waals surface area contributed by atoms with Crippen LogP contribution < -0.4 is 5.32 Å². The molecule has 0 aliphatic heterocycles. The first-order valence-corrected chi connectivity index (χ1v) is 7.56. The van der Waals surface area contributed by atoms with Crippen LogP contribution in [0.5, 0.6) is 0 Å². The van der Waals surface area contributed by atoms with Crippen molar-refractivity contribution < 1.29 is 0 Å². The molecule has 0 fully saturated rings. The van der Waals surface area contributed by atoms with Crippen molar-refractivity contribution in [3.8, 4) is 0 Å². The number of nitrogens with zero attached hydrogens (tertiary/aromatic N) is 2. The van der Waals surface area contributed by atoms with Gasteiger partial charge >= 0.3 is 0 Å². The molecule has 1 N–H and O–H groups in total. The molecule has 1 atom stereocenters. The van der Waals surface area contributed by atoms with Crippen LogP contribution in [0.25, 0.3) is 0 Å². The molecule has 1 unspecified atom stereocenters. The molecule has 0 aliphatic rings. The topological polar surface area (TPSA) is 37.8 Å². The average Bonchev–Trinajstić information content (AvgIpc) is 2.76. The number of aromatic nitrogens is 2. The van der Waals surface area contributed by atoms with E-state index in [1.165, 1.54) is 5.56 Å². The first-order chi connectivity index (χ1) is 8.60.